The summed E-state index contributed by atoms with van der Waals surface area (Å²) >= 11 is 0. The minimum Gasteiger partial charge on any atom is -0.472 e. The predicted molar refractivity (Wildman–Crippen MR) is 66.0 cm³/mol. The molecule has 0 aromatic carbocycles. The summed E-state index contributed by atoms with van der Waals surface area (Å²) in [6.45, 7) is 6.96. The molecule has 0 fully saturated rings. The highest BCUT2D eigenvalue weighted by Gasteiger charge is 2.34. The zero-order chi connectivity index (χ0) is 11.3. The largest absolute Gasteiger partial charge is 0.472 e. The molecule has 2 aliphatic rings. The fraction of sp³-hybridized carbons (Fsp3) is 0.467. The highest BCUT2D eigenvalue weighted by Crippen LogP contribution is 2.49. The summed E-state index contributed by atoms with van der Waals surface area (Å²) in [4.78, 5) is 0. The SMILES string of the molecule is CC1C=C2C(=CCC2(C)C)c2cocc2C1. The van der Waals surface area contributed by atoms with Crippen molar-refractivity contribution in [1.82, 2.24) is 0 Å². The Morgan fingerprint density at radius 1 is 1.31 bits per heavy atom. The fourth-order valence-electron chi connectivity index (χ4n) is 2.92. The average molecular weight is 214 g/mol. The number of fused-ring (bicyclic) bond motifs is 3. The molecule has 0 radical (unpaired) electrons. The molecule has 1 atom stereocenters. The molecular weight excluding hydrogens is 196 g/mol. The quantitative estimate of drug-likeness (QED) is 0.630. The Morgan fingerprint density at radius 3 is 2.94 bits per heavy atom. The molecular formula is C15H18O. The molecule has 1 unspecified atom stereocenters. The molecule has 0 spiro atoms. The topological polar surface area (TPSA) is 13.1 Å². The van der Waals surface area contributed by atoms with Crippen LogP contribution in [0.25, 0.3) is 5.57 Å². The molecule has 2 aliphatic carbocycles. The minimum atomic E-state index is 0.294. The molecule has 1 heteroatoms. The van der Waals surface area contributed by atoms with Crippen molar-refractivity contribution >= 4 is 5.57 Å². The molecule has 0 bridgehead atoms. The lowest BCUT2D eigenvalue weighted by Crippen LogP contribution is -2.10. The normalized spacial score (nSPS) is 26.6. The molecule has 0 N–H and O–H groups in total. The Bertz CT molecular complexity index is 485. The van der Waals surface area contributed by atoms with Gasteiger partial charge in [-0.25, -0.2) is 0 Å². The Kier molecular flexibility index (Phi) is 1.95. The summed E-state index contributed by atoms with van der Waals surface area (Å²) < 4.78 is 5.38. The van der Waals surface area contributed by atoms with E-state index in [1.807, 2.05) is 12.5 Å². The van der Waals surface area contributed by atoms with Crippen molar-refractivity contribution < 1.29 is 4.42 Å². The minimum absolute atomic E-state index is 0.294. The van der Waals surface area contributed by atoms with Gasteiger partial charge >= 0.3 is 0 Å². The van der Waals surface area contributed by atoms with Gasteiger partial charge in [0.15, 0.2) is 0 Å². The van der Waals surface area contributed by atoms with Gasteiger partial charge in [0, 0.05) is 5.56 Å². The maximum absolute atomic E-state index is 5.38. The van der Waals surface area contributed by atoms with E-state index in [1.54, 1.807) is 0 Å². The molecule has 0 amide bonds. The summed E-state index contributed by atoms with van der Waals surface area (Å²) in [7, 11) is 0. The van der Waals surface area contributed by atoms with E-state index in [2.05, 4.69) is 32.9 Å². The van der Waals surface area contributed by atoms with Crippen LogP contribution in [0, 0.1) is 11.3 Å². The summed E-state index contributed by atoms with van der Waals surface area (Å²) in [5, 5.41) is 0. The van der Waals surface area contributed by atoms with Gasteiger partial charge in [0.1, 0.15) is 0 Å². The Labute approximate surface area is 96.8 Å². The van der Waals surface area contributed by atoms with E-state index in [0.29, 0.717) is 11.3 Å². The van der Waals surface area contributed by atoms with E-state index in [4.69, 9.17) is 4.42 Å². The molecule has 0 aliphatic heterocycles. The standard InChI is InChI=1S/C15H18O/c1-10-6-11-8-16-9-13(11)12-4-5-15(2,3)14(12)7-10/h4,7-10H,5-6H2,1-3H3. The van der Waals surface area contributed by atoms with Crippen molar-refractivity contribution in [3.63, 3.8) is 0 Å². The molecule has 3 rings (SSSR count). The van der Waals surface area contributed by atoms with Crippen LogP contribution >= 0.6 is 0 Å². The molecule has 16 heavy (non-hydrogen) atoms. The summed E-state index contributed by atoms with van der Waals surface area (Å²) in [6.07, 6.45) is 10.9. The fourth-order valence-corrected chi connectivity index (χ4v) is 2.92. The van der Waals surface area contributed by atoms with Crippen LogP contribution in [0.1, 0.15) is 38.3 Å². The summed E-state index contributed by atoms with van der Waals surface area (Å²) in [6, 6.07) is 0. The first kappa shape index (κ1) is 9.95. The highest BCUT2D eigenvalue weighted by atomic mass is 16.3. The van der Waals surface area contributed by atoms with Crippen LogP contribution in [0.3, 0.4) is 0 Å². The monoisotopic (exact) mass is 214 g/mol. The average Bonchev–Trinajstić information content (AvgIpc) is 2.70. The van der Waals surface area contributed by atoms with Gasteiger partial charge < -0.3 is 4.42 Å². The van der Waals surface area contributed by atoms with E-state index < -0.39 is 0 Å². The second kappa shape index (κ2) is 3.13. The Balaban J connectivity index is 2.19. The number of rotatable bonds is 0. The molecule has 1 nitrogen and oxygen atoms in total. The van der Waals surface area contributed by atoms with Gasteiger partial charge in [-0.05, 0) is 40.9 Å². The Morgan fingerprint density at radius 2 is 2.12 bits per heavy atom. The van der Waals surface area contributed by atoms with E-state index in [0.717, 1.165) is 12.8 Å². The first-order valence-electron chi connectivity index (χ1n) is 6.06. The van der Waals surface area contributed by atoms with Gasteiger partial charge in [0.05, 0.1) is 12.5 Å². The number of hydrogen-bond donors (Lipinski definition) is 0. The van der Waals surface area contributed by atoms with E-state index in [9.17, 15) is 0 Å². The van der Waals surface area contributed by atoms with Crippen molar-refractivity contribution in [1.29, 1.82) is 0 Å². The van der Waals surface area contributed by atoms with Crippen molar-refractivity contribution in [3.05, 3.63) is 41.4 Å². The third-order valence-electron chi connectivity index (χ3n) is 3.86. The lowest BCUT2D eigenvalue weighted by Gasteiger charge is -2.22. The second-order valence-corrected chi connectivity index (χ2v) is 5.78. The first-order valence-corrected chi connectivity index (χ1v) is 6.06. The number of hydrogen-bond acceptors (Lipinski definition) is 1. The summed E-state index contributed by atoms with van der Waals surface area (Å²) in [5.41, 5.74) is 5.91. The Hall–Kier alpha value is -1.24. The number of allylic oxidation sites excluding steroid dienone is 4. The van der Waals surface area contributed by atoms with Crippen LogP contribution in [-0.2, 0) is 6.42 Å². The van der Waals surface area contributed by atoms with E-state index in [1.165, 1.54) is 22.3 Å². The molecule has 0 saturated carbocycles. The van der Waals surface area contributed by atoms with E-state index >= 15 is 0 Å². The van der Waals surface area contributed by atoms with Gasteiger partial charge in [-0.1, -0.05) is 32.9 Å². The lowest BCUT2D eigenvalue weighted by molar-refractivity contribution is 0.479. The van der Waals surface area contributed by atoms with Gasteiger partial charge in [0.25, 0.3) is 0 Å². The van der Waals surface area contributed by atoms with Crippen LogP contribution < -0.4 is 0 Å². The van der Waals surface area contributed by atoms with E-state index in [-0.39, 0.29) is 0 Å². The predicted octanol–water partition coefficient (Wildman–Crippen LogP) is 4.21. The van der Waals surface area contributed by atoms with Crippen LogP contribution in [0.5, 0.6) is 0 Å². The molecule has 0 saturated heterocycles. The molecule has 84 valence electrons. The second-order valence-electron chi connectivity index (χ2n) is 5.78. The lowest BCUT2D eigenvalue weighted by atomic mass is 9.82. The molecule has 1 aromatic rings. The smallest absolute Gasteiger partial charge is 0.0983 e. The maximum atomic E-state index is 5.38. The van der Waals surface area contributed by atoms with Gasteiger partial charge in [0.2, 0.25) is 0 Å². The van der Waals surface area contributed by atoms with Crippen molar-refractivity contribution in [2.75, 3.05) is 0 Å². The van der Waals surface area contributed by atoms with Crippen LogP contribution in [0.4, 0.5) is 0 Å². The maximum Gasteiger partial charge on any atom is 0.0983 e. The van der Waals surface area contributed by atoms with Gasteiger partial charge in [-0.15, -0.1) is 0 Å². The van der Waals surface area contributed by atoms with Crippen molar-refractivity contribution in [2.45, 2.75) is 33.6 Å². The zero-order valence-electron chi connectivity index (χ0n) is 10.2. The van der Waals surface area contributed by atoms with Crippen LogP contribution in [0.2, 0.25) is 0 Å². The highest BCUT2D eigenvalue weighted by molar-refractivity contribution is 5.84. The van der Waals surface area contributed by atoms with Gasteiger partial charge in [-0.2, -0.15) is 0 Å². The third-order valence-corrected chi connectivity index (χ3v) is 3.86. The summed E-state index contributed by atoms with van der Waals surface area (Å²) in [5.74, 6) is 0.606. The molecule has 1 heterocycles. The van der Waals surface area contributed by atoms with Crippen LogP contribution in [0.15, 0.2) is 34.7 Å². The third kappa shape index (κ3) is 1.31. The molecule has 1 aromatic heterocycles. The van der Waals surface area contributed by atoms with Crippen molar-refractivity contribution in [2.24, 2.45) is 11.3 Å². The van der Waals surface area contributed by atoms with Crippen LogP contribution in [-0.4, -0.2) is 0 Å². The number of furan rings is 1. The van der Waals surface area contributed by atoms with Crippen molar-refractivity contribution in [3.8, 4) is 0 Å². The first-order chi connectivity index (χ1) is 7.58. The zero-order valence-corrected chi connectivity index (χ0v) is 10.2. The van der Waals surface area contributed by atoms with Gasteiger partial charge in [-0.3, -0.25) is 0 Å².